The number of hydrogen-bond donors (Lipinski definition) is 0. The van der Waals surface area contributed by atoms with Crippen molar-refractivity contribution >= 4 is 11.8 Å². The van der Waals surface area contributed by atoms with Crippen molar-refractivity contribution in [3.05, 3.63) is 57.8 Å². The van der Waals surface area contributed by atoms with Crippen LogP contribution in [0.1, 0.15) is 5.56 Å². The zero-order chi connectivity index (χ0) is 17.5. The first kappa shape index (κ1) is 16.5. The van der Waals surface area contributed by atoms with E-state index >= 15 is 0 Å². The number of rotatable bonds is 5. The normalized spacial score (nSPS) is 9.29. The van der Waals surface area contributed by atoms with Crippen molar-refractivity contribution < 1.29 is 14.4 Å². The van der Waals surface area contributed by atoms with Gasteiger partial charge in [0.2, 0.25) is 0 Å². The molecule has 0 fully saturated rings. The first-order valence-electron chi connectivity index (χ1n) is 6.56. The summed E-state index contributed by atoms with van der Waals surface area (Å²) in [6.07, 6.45) is 2.76. The van der Waals surface area contributed by atoms with Crippen LogP contribution in [-0.2, 0) is 0 Å². The van der Waals surface area contributed by atoms with E-state index in [-0.39, 0.29) is 28.6 Å². The van der Waals surface area contributed by atoms with Gasteiger partial charge in [-0.1, -0.05) is 6.07 Å². The number of nitrogens with zero attached hydrogens (tertiary/aromatic N) is 4. The maximum absolute atomic E-state index is 11.0. The van der Waals surface area contributed by atoms with Crippen LogP contribution in [0.4, 0.5) is 5.69 Å². The highest BCUT2D eigenvalue weighted by molar-refractivity contribution is 5.64. The van der Waals surface area contributed by atoms with Gasteiger partial charge < -0.3 is 9.47 Å². The molecule has 0 saturated heterocycles. The Balaban J connectivity index is 2.40. The molecule has 0 spiro atoms. The Kier molecular flexibility index (Phi) is 5.06. The Morgan fingerprint density at radius 1 is 1.29 bits per heavy atom. The number of hydrogen-bond acceptors (Lipinski definition) is 7. The third-order valence-corrected chi connectivity index (χ3v) is 2.89. The number of pyridine rings is 1. The van der Waals surface area contributed by atoms with Crippen LogP contribution in [-0.4, -0.2) is 17.0 Å². The fourth-order valence-electron chi connectivity index (χ4n) is 1.82. The molecule has 0 N–H and O–H groups in total. The molecule has 118 valence electrons. The largest absolute Gasteiger partial charge is 0.493 e. The van der Waals surface area contributed by atoms with E-state index in [0.717, 1.165) is 0 Å². The summed E-state index contributed by atoms with van der Waals surface area (Å²) in [5.74, 6) is 0.324. The molecule has 0 bridgehead atoms. The molecule has 0 aliphatic rings. The fraction of sp³-hybridized carbons (Fsp3) is 0.0625. The van der Waals surface area contributed by atoms with Crippen LogP contribution in [0.2, 0.25) is 0 Å². The minimum Gasteiger partial charge on any atom is -0.493 e. The van der Waals surface area contributed by atoms with E-state index in [1.54, 1.807) is 24.3 Å². The smallest absolute Gasteiger partial charge is 0.331 e. The Morgan fingerprint density at radius 2 is 2.04 bits per heavy atom. The summed E-state index contributed by atoms with van der Waals surface area (Å²) in [7, 11) is 1.40. The second-order valence-electron chi connectivity index (χ2n) is 4.38. The van der Waals surface area contributed by atoms with Crippen LogP contribution in [0.3, 0.4) is 0 Å². The van der Waals surface area contributed by atoms with Crippen molar-refractivity contribution in [2.24, 2.45) is 0 Å². The topological polar surface area (TPSA) is 122 Å². The van der Waals surface area contributed by atoms with Crippen molar-refractivity contribution in [3.8, 4) is 29.5 Å². The molecule has 24 heavy (non-hydrogen) atoms. The second-order valence-corrected chi connectivity index (χ2v) is 4.38. The van der Waals surface area contributed by atoms with E-state index < -0.39 is 4.92 Å². The van der Waals surface area contributed by atoms with Gasteiger partial charge in [-0.15, -0.1) is 0 Å². The van der Waals surface area contributed by atoms with Crippen LogP contribution in [0.25, 0.3) is 6.08 Å². The van der Waals surface area contributed by atoms with Gasteiger partial charge in [-0.25, -0.2) is 4.98 Å². The zero-order valence-corrected chi connectivity index (χ0v) is 12.5. The number of benzene rings is 1. The highest BCUT2D eigenvalue weighted by atomic mass is 16.6. The summed E-state index contributed by atoms with van der Waals surface area (Å²) in [5, 5.41) is 28.5. The van der Waals surface area contributed by atoms with Gasteiger partial charge in [0.15, 0.2) is 11.5 Å². The quantitative estimate of drug-likeness (QED) is 0.470. The average molecular weight is 322 g/mol. The zero-order valence-electron chi connectivity index (χ0n) is 12.5. The Hall–Kier alpha value is -3.91. The van der Waals surface area contributed by atoms with Gasteiger partial charge in [-0.05, 0) is 29.8 Å². The van der Waals surface area contributed by atoms with Crippen molar-refractivity contribution in [2.75, 3.05) is 7.11 Å². The molecule has 0 amide bonds. The molecule has 0 radical (unpaired) electrons. The summed E-state index contributed by atoms with van der Waals surface area (Å²) >= 11 is 0. The van der Waals surface area contributed by atoms with Gasteiger partial charge >= 0.3 is 5.69 Å². The van der Waals surface area contributed by atoms with Crippen LogP contribution in [0, 0.1) is 32.8 Å². The van der Waals surface area contributed by atoms with Crippen LogP contribution < -0.4 is 9.47 Å². The Labute approximate surface area is 137 Å². The average Bonchev–Trinajstić information content (AvgIpc) is 2.60. The van der Waals surface area contributed by atoms with E-state index in [0.29, 0.717) is 5.56 Å². The lowest BCUT2D eigenvalue weighted by molar-refractivity contribution is -0.386. The Morgan fingerprint density at radius 3 is 2.67 bits per heavy atom. The molecule has 8 heteroatoms. The molecule has 1 aromatic heterocycles. The Bertz CT molecular complexity index is 878. The van der Waals surface area contributed by atoms with E-state index in [4.69, 9.17) is 20.0 Å². The van der Waals surface area contributed by atoms with Gasteiger partial charge in [0, 0.05) is 12.3 Å². The molecule has 2 rings (SSSR count). The first-order valence-corrected chi connectivity index (χ1v) is 6.56. The molecule has 0 atom stereocenters. The second kappa shape index (κ2) is 7.38. The molecule has 8 nitrogen and oxygen atoms in total. The number of methoxy groups -OCH3 is 1. The molecular weight excluding hydrogens is 312 g/mol. The summed E-state index contributed by atoms with van der Waals surface area (Å²) in [6.45, 7) is 0. The van der Waals surface area contributed by atoms with E-state index in [1.807, 2.05) is 0 Å². The van der Waals surface area contributed by atoms with E-state index in [9.17, 15) is 10.1 Å². The number of nitriles is 2. The molecular formula is C16H10N4O4. The maximum atomic E-state index is 11.0. The highest BCUT2D eigenvalue weighted by Gasteiger charge is 2.18. The van der Waals surface area contributed by atoms with E-state index in [1.165, 1.54) is 37.6 Å². The van der Waals surface area contributed by atoms with Crippen molar-refractivity contribution in [1.29, 1.82) is 10.5 Å². The summed E-state index contributed by atoms with van der Waals surface area (Å²) in [6, 6.07) is 10.9. The monoisotopic (exact) mass is 322 g/mol. The predicted molar refractivity (Wildman–Crippen MR) is 83.2 cm³/mol. The molecule has 0 aliphatic carbocycles. The van der Waals surface area contributed by atoms with Crippen LogP contribution >= 0.6 is 0 Å². The first-order chi connectivity index (χ1) is 11.6. The maximum Gasteiger partial charge on any atom is 0.331 e. The third kappa shape index (κ3) is 3.64. The van der Waals surface area contributed by atoms with Gasteiger partial charge in [0.25, 0.3) is 5.88 Å². The van der Waals surface area contributed by atoms with Gasteiger partial charge in [0.05, 0.1) is 12.0 Å². The van der Waals surface area contributed by atoms with E-state index in [2.05, 4.69) is 4.98 Å². The summed E-state index contributed by atoms with van der Waals surface area (Å²) < 4.78 is 10.7. The molecule has 1 aromatic carbocycles. The highest BCUT2D eigenvalue weighted by Crippen LogP contribution is 2.35. The lowest BCUT2D eigenvalue weighted by atomic mass is 10.1. The van der Waals surface area contributed by atoms with Gasteiger partial charge in [0.1, 0.15) is 17.7 Å². The predicted octanol–water partition coefficient (Wildman–Crippen LogP) is 3.22. The van der Waals surface area contributed by atoms with Crippen LogP contribution in [0.5, 0.6) is 17.4 Å². The lowest BCUT2D eigenvalue weighted by Crippen LogP contribution is -1.97. The molecule has 0 unspecified atom stereocenters. The van der Waals surface area contributed by atoms with Crippen LogP contribution in [0.15, 0.2) is 42.1 Å². The number of aromatic nitrogens is 1. The minimum absolute atomic E-state index is 0.0638. The molecule has 2 aromatic rings. The molecule has 0 aliphatic heterocycles. The van der Waals surface area contributed by atoms with Gasteiger partial charge in [-0.3, -0.25) is 10.1 Å². The summed E-state index contributed by atoms with van der Waals surface area (Å²) in [5.41, 5.74) is 0.207. The lowest BCUT2D eigenvalue weighted by Gasteiger charge is -2.10. The number of allylic oxidation sites excluding steroid dienone is 1. The SMILES string of the molecule is COc1cc(C=C(C#N)C#N)ccc1Oc1ncccc1[N+](=O)[O-]. The van der Waals surface area contributed by atoms with Crippen molar-refractivity contribution in [1.82, 2.24) is 4.98 Å². The number of nitro groups is 1. The molecule has 1 heterocycles. The number of ether oxygens (including phenoxy) is 2. The molecule has 0 saturated carbocycles. The standard InChI is InChI=1S/C16H10N4O4/c1-23-15-8-11(7-12(9-17)10-18)4-5-14(15)24-16-13(20(21)22)3-2-6-19-16/h2-8H,1H3. The minimum atomic E-state index is -0.599. The van der Waals surface area contributed by atoms with Crippen molar-refractivity contribution in [2.45, 2.75) is 0 Å². The third-order valence-electron chi connectivity index (χ3n) is 2.89. The van der Waals surface area contributed by atoms with Gasteiger partial charge in [-0.2, -0.15) is 10.5 Å². The van der Waals surface area contributed by atoms with Crippen molar-refractivity contribution in [3.63, 3.8) is 0 Å². The fourth-order valence-corrected chi connectivity index (χ4v) is 1.82. The summed E-state index contributed by atoms with van der Waals surface area (Å²) in [4.78, 5) is 14.2.